The molecule has 0 aliphatic carbocycles. The third-order valence-electron chi connectivity index (χ3n) is 2.41. The molecule has 1 N–H and O–H groups in total. The highest BCUT2D eigenvalue weighted by atomic mass is 15.3. The van der Waals surface area contributed by atoms with E-state index >= 15 is 0 Å². The van der Waals surface area contributed by atoms with Crippen LogP contribution in [-0.4, -0.2) is 21.8 Å². The summed E-state index contributed by atoms with van der Waals surface area (Å²) in [6.07, 6.45) is 0. The van der Waals surface area contributed by atoms with Crippen molar-refractivity contribution in [1.29, 1.82) is 0 Å². The normalized spacial score (nSPS) is 10.7. The van der Waals surface area contributed by atoms with Crippen molar-refractivity contribution in [2.24, 2.45) is 0 Å². The fraction of sp³-hybridized carbons (Fsp3) is 0.333. The summed E-state index contributed by atoms with van der Waals surface area (Å²) in [5, 5.41) is 7.50. The van der Waals surface area contributed by atoms with Gasteiger partial charge in [0.15, 0.2) is 0 Å². The molecule has 1 aromatic heterocycles. The van der Waals surface area contributed by atoms with E-state index in [1.54, 1.807) is 0 Å². The van der Waals surface area contributed by atoms with Crippen LogP contribution in [0, 0.1) is 13.8 Å². The molecule has 4 heteroatoms. The largest absolute Gasteiger partial charge is 0.316 e. The van der Waals surface area contributed by atoms with Crippen LogP contribution >= 0.6 is 0 Å². The van der Waals surface area contributed by atoms with E-state index in [1.807, 2.05) is 37.7 Å². The first-order valence-corrected chi connectivity index (χ1v) is 5.35. The Labute approximate surface area is 95.3 Å². The van der Waals surface area contributed by atoms with Crippen molar-refractivity contribution in [3.05, 3.63) is 41.5 Å². The van der Waals surface area contributed by atoms with Crippen molar-refractivity contribution in [1.82, 2.24) is 20.1 Å². The summed E-state index contributed by atoms with van der Waals surface area (Å²) in [5.41, 5.74) is 2.30. The molecule has 0 spiro atoms. The molecule has 0 bridgehead atoms. The lowest BCUT2D eigenvalue weighted by molar-refractivity contribution is 0.802. The molecule has 2 aromatic rings. The van der Waals surface area contributed by atoms with Crippen LogP contribution in [0.2, 0.25) is 0 Å². The van der Waals surface area contributed by atoms with Crippen molar-refractivity contribution in [3.8, 4) is 5.69 Å². The summed E-state index contributed by atoms with van der Waals surface area (Å²) < 4.78 is 1.87. The van der Waals surface area contributed by atoms with Gasteiger partial charge in [-0.1, -0.05) is 12.1 Å². The van der Waals surface area contributed by atoms with E-state index in [-0.39, 0.29) is 0 Å². The molecule has 2 rings (SSSR count). The molecule has 0 saturated heterocycles. The molecular weight excluding hydrogens is 200 g/mol. The summed E-state index contributed by atoms with van der Waals surface area (Å²) in [5.74, 6) is 1.72. The fourth-order valence-electron chi connectivity index (χ4n) is 1.77. The number of nitrogens with zero attached hydrogens (tertiary/aromatic N) is 3. The average Bonchev–Trinajstić information content (AvgIpc) is 2.59. The minimum Gasteiger partial charge on any atom is -0.316 e. The Morgan fingerprint density at radius 2 is 2.12 bits per heavy atom. The van der Waals surface area contributed by atoms with Gasteiger partial charge >= 0.3 is 0 Å². The zero-order valence-corrected chi connectivity index (χ0v) is 9.86. The van der Waals surface area contributed by atoms with Crippen LogP contribution in [-0.2, 0) is 6.54 Å². The van der Waals surface area contributed by atoms with Gasteiger partial charge in [-0.2, -0.15) is 5.10 Å². The Hall–Kier alpha value is -1.68. The van der Waals surface area contributed by atoms with Crippen molar-refractivity contribution in [3.63, 3.8) is 0 Å². The lowest BCUT2D eigenvalue weighted by Gasteiger charge is -2.05. The fourth-order valence-corrected chi connectivity index (χ4v) is 1.77. The molecule has 0 radical (unpaired) electrons. The van der Waals surface area contributed by atoms with Crippen molar-refractivity contribution in [2.45, 2.75) is 20.4 Å². The van der Waals surface area contributed by atoms with Gasteiger partial charge in [0.05, 0.1) is 5.69 Å². The zero-order chi connectivity index (χ0) is 11.5. The highest BCUT2D eigenvalue weighted by Crippen LogP contribution is 2.11. The van der Waals surface area contributed by atoms with Gasteiger partial charge in [-0.3, -0.25) is 0 Å². The van der Waals surface area contributed by atoms with Gasteiger partial charge in [0.1, 0.15) is 11.6 Å². The van der Waals surface area contributed by atoms with Crippen LogP contribution in [0.4, 0.5) is 0 Å². The van der Waals surface area contributed by atoms with E-state index in [9.17, 15) is 0 Å². The first kappa shape index (κ1) is 10.8. The lowest BCUT2D eigenvalue weighted by atomic mass is 10.2. The molecule has 1 heterocycles. The Morgan fingerprint density at radius 1 is 1.31 bits per heavy atom. The average molecular weight is 216 g/mol. The number of benzene rings is 1. The second kappa shape index (κ2) is 4.45. The molecule has 0 amide bonds. The number of aryl methyl sites for hydroxylation is 2. The molecule has 0 aliphatic rings. The summed E-state index contributed by atoms with van der Waals surface area (Å²) in [7, 11) is 1.94. The molecule has 0 saturated carbocycles. The Morgan fingerprint density at radius 3 is 2.75 bits per heavy atom. The highest BCUT2D eigenvalue weighted by molar-refractivity contribution is 5.35. The first-order valence-electron chi connectivity index (χ1n) is 5.35. The van der Waals surface area contributed by atoms with Gasteiger partial charge in [-0.15, -0.1) is 0 Å². The number of hydrogen-bond donors (Lipinski definition) is 1. The number of rotatable bonds is 3. The van der Waals surface area contributed by atoms with Crippen molar-refractivity contribution >= 4 is 0 Å². The highest BCUT2D eigenvalue weighted by Gasteiger charge is 2.05. The van der Waals surface area contributed by atoms with Crippen LogP contribution in [0.3, 0.4) is 0 Å². The molecule has 4 nitrogen and oxygen atoms in total. The van der Waals surface area contributed by atoms with Gasteiger partial charge in [-0.25, -0.2) is 9.67 Å². The summed E-state index contributed by atoms with van der Waals surface area (Å²) in [6, 6.07) is 8.30. The molecule has 0 unspecified atom stereocenters. The summed E-state index contributed by atoms with van der Waals surface area (Å²) >= 11 is 0. The second-order valence-electron chi connectivity index (χ2n) is 3.82. The molecule has 1 aromatic carbocycles. The van der Waals surface area contributed by atoms with Gasteiger partial charge < -0.3 is 5.32 Å². The van der Waals surface area contributed by atoms with Crippen LogP contribution in [0.25, 0.3) is 5.69 Å². The van der Waals surface area contributed by atoms with E-state index in [4.69, 9.17) is 0 Å². The smallest absolute Gasteiger partial charge is 0.148 e. The second-order valence-corrected chi connectivity index (χ2v) is 3.82. The zero-order valence-electron chi connectivity index (χ0n) is 9.86. The van der Waals surface area contributed by atoms with Crippen molar-refractivity contribution < 1.29 is 0 Å². The molecule has 0 atom stereocenters. The number of aromatic nitrogens is 3. The SMILES string of the molecule is CNCc1cccc(-n2nc(C)nc2C)c1. The number of hydrogen-bond acceptors (Lipinski definition) is 3. The molecule has 0 fully saturated rings. The molecule has 84 valence electrons. The lowest BCUT2D eigenvalue weighted by Crippen LogP contribution is -2.06. The maximum absolute atomic E-state index is 4.37. The van der Waals surface area contributed by atoms with E-state index in [0.717, 1.165) is 23.9 Å². The van der Waals surface area contributed by atoms with E-state index in [2.05, 4.69) is 27.5 Å². The Kier molecular flexibility index (Phi) is 3.01. The van der Waals surface area contributed by atoms with E-state index in [1.165, 1.54) is 5.56 Å². The van der Waals surface area contributed by atoms with Gasteiger partial charge in [0.2, 0.25) is 0 Å². The quantitative estimate of drug-likeness (QED) is 0.847. The van der Waals surface area contributed by atoms with Crippen LogP contribution in [0.1, 0.15) is 17.2 Å². The van der Waals surface area contributed by atoms with Gasteiger partial charge in [0.25, 0.3) is 0 Å². The van der Waals surface area contributed by atoms with Crippen LogP contribution in [0.5, 0.6) is 0 Å². The number of nitrogens with one attached hydrogen (secondary N) is 1. The Balaban J connectivity index is 2.40. The maximum Gasteiger partial charge on any atom is 0.148 e. The van der Waals surface area contributed by atoms with Crippen molar-refractivity contribution in [2.75, 3.05) is 7.05 Å². The predicted molar refractivity (Wildman–Crippen MR) is 63.6 cm³/mol. The minimum absolute atomic E-state index is 0.802. The monoisotopic (exact) mass is 216 g/mol. The first-order chi connectivity index (χ1) is 7.70. The standard InChI is InChI=1S/C12H16N4/c1-9-14-10(2)16(15-9)12-6-4-5-11(7-12)8-13-3/h4-7,13H,8H2,1-3H3. The maximum atomic E-state index is 4.37. The van der Waals surface area contributed by atoms with E-state index in [0.29, 0.717) is 0 Å². The third-order valence-corrected chi connectivity index (χ3v) is 2.41. The van der Waals surface area contributed by atoms with Crippen LogP contribution < -0.4 is 5.32 Å². The molecule has 0 aliphatic heterocycles. The summed E-state index contributed by atoms with van der Waals surface area (Å²) in [6.45, 7) is 4.73. The topological polar surface area (TPSA) is 42.7 Å². The van der Waals surface area contributed by atoms with E-state index < -0.39 is 0 Å². The molecular formula is C12H16N4. The third kappa shape index (κ3) is 2.12. The molecule has 16 heavy (non-hydrogen) atoms. The summed E-state index contributed by atoms with van der Waals surface area (Å²) in [4.78, 5) is 4.30. The Bertz CT molecular complexity index is 488. The van der Waals surface area contributed by atoms with Crippen LogP contribution in [0.15, 0.2) is 24.3 Å². The minimum atomic E-state index is 0.802. The van der Waals surface area contributed by atoms with Gasteiger partial charge in [0, 0.05) is 6.54 Å². The van der Waals surface area contributed by atoms with Gasteiger partial charge in [-0.05, 0) is 38.6 Å². The predicted octanol–water partition coefficient (Wildman–Crippen LogP) is 1.60.